The van der Waals surface area contributed by atoms with Crippen LogP contribution < -0.4 is 21.1 Å². The first-order valence-corrected chi connectivity index (χ1v) is 10.9. The molecule has 0 radical (unpaired) electrons. The van der Waals surface area contributed by atoms with Gasteiger partial charge in [-0.15, -0.1) is 0 Å². The van der Waals surface area contributed by atoms with Crippen LogP contribution in [0.5, 0.6) is 5.75 Å². The maximum Gasteiger partial charge on any atom is 0.257 e. The standard InChI is InChI=1S/C22H26ClF2N5O2/c1-11-20(23)12(2)29-21(28-11)17-8-30(9-18(17)26)22(31)16-4-3-13(24)6-19(16)32-10-15-5-14(25)7-27-15/h3-4,6,14-15,18,27-28H,5,7-10,26H2,1-2H3/b21-17+. The molecule has 1 aromatic rings. The molecule has 0 aliphatic carbocycles. The molecule has 3 aliphatic rings. The summed E-state index contributed by atoms with van der Waals surface area (Å²) in [6.07, 6.45) is -0.607. The summed E-state index contributed by atoms with van der Waals surface area (Å²) in [6, 6.07) is 3.20. The van der Waals surface area contributed by atoms with Crippen molar-refractivity contribution in [3.63, 3.8) is 0 Å². The van der Waals surface area contributed by atoms with Crippen molar-refractivity contribution in [2.24, 2.45) is 10.7 Å². The van der Waals surface area contributed by atoms with Gasteiger partial charge in [0.05, 0.1) is 16.3 Å². The number of rotatable bonds is 4. The highest BCUT2D eigenvalue weighted by atomic mass is 35.5. The van der Waals surface area contributed by atoms with Crippen molar-refractivity contribution in [3.05, 3.63) is 51.7 Å². The quantitative estimate of drug-likeness (QED) is 0.635. The van der Waals surface area contributed by atoms with E-state index < -0.39 is 18.0 Å². The van der Waals surface area contributed by atoms with Gasteiger partial charge in [0.2, 0.25) is 0 Å². The van der Waals surface area contributed by atoms with Gasteiger partial charge in [0.25, 0.3) is 5.91 Å². The van der Waals surface area contributed by atoms with E-state index in [1.54, 1.807) is 4.90 Å². The summed E-state index contributed by atoms with van der Waals surface area (Å²) in [4.78, 5) is 19.3. The zero-order valence-electron chi connectivity index (χ0n) is 17.9. The van der Waals surface area contributed by atoms with E-state index in [0.717, 1.165) is 11.3 Å². The number of carbonyl (C=O) groups is 1. The number of nitrogens with zero attached hydrogens (tertiary/aromatic N) is 2. The van der Waals surface area contributed by atoms with Crippen molar-refractivity contribution in [1.29, 1.82) is 0 Å². The minimum absolute atomic E-state index is 0.129. The molecule has 3 atom stereocenters. The van der Waals surface area contributed by atoms with E-state index in [2.05, 4.69) is 15.6 Å². The highest BCUT2D eigenvalue weighted by Gasteiger charge is 2.33. The summed E-state index contributed by atoms with van der Waals surface area (Å²) in [6.45, 7) is 4.62. The maximum atomic E-state index is 13.9. The third kappa shape index (κ3) is 4.65. The predicted molar refractivity (Wildman–Crippen MR) is 119 cm³/mol. The fourth-order valence-electron chi connectivity index (χ4n) is 4.09. The van der Waals surface area contributed by atoms with Crippen LogP contribution in [0.3, 0.4) is 0 Å². The number of hydrogen-bond donors (Lipinski definition) is 3. The number of allylic oxidation sites excluding steroid dienone is 2. The molecule has 3 unspecified atom stereocenters. The van der Waals surface area contributed by atoms with Gasteiger partial charge in [0.15, 0.2) is 0 Å². The number of ether oxygens (including phenoxy) is 1. The van der Waals surface area contributed by atoms with Gasteiger partial charge in [-0.3, -0.25) is 4.79 Å². The lowest BCUT2D eigenvalue weighted by atomic mass is 10.1. The summed E-state index contributed by atoms with van der Waals surface area (Å²) >= 11 is 6.20. The van der Waals surface area contributed by atoms with E-state index in [0.29, 0.717) is 23.0 Å². The van der Waals surface area contributed by atoms with Gasteiger partial charge in [0.1, 0.15) is 30.2 Å². The van der Waals surface area contributed by atoms with Gasteiger partial charge in [-0.05, 0) is 32.4 Å². The second kappa shape index (κ2) is 9.17. The number of halogens is 3. The normalized spacial score (nSPS) is 28.1. The lowest BCUT2D eigenvalue weighted by Gasteiger charge is -2.20. The SMILES string of the molecule is CC1=N/C(=C2\CN(C(=O)c3ccc(F)cc3OCC3CC(F)CN3)CC2N)NC(C)=C1Cl. The second-order valence-electron chi connectivity index (χ2n) is 8.32. The molecule has 10 heteroatoms. The first kappa shape index (κ1) is 22.7. The fourth-order valence-corrected chi connectivity index (χ4v) is 4.18. The van der Waals surface area contributed by atoms with Gasteiger partial charge in [-0.1, -0.05) is 11.6 Å². The molecule has 4 rings (SSSR count). The fraction of sp³-hybridized carbons (Fsp3) is 0.455. The van der Waals surface area contributed by atoms with Crippen molar-refractivity contribution >= 4 is 23.2 Å². The molecule has 2 fully saturated rings. The van der Waals surface area contributed by atoms with Gasteiger partial charge in [-0.25, -0.2) is 13.8 Å². The Morgan fingerprint density at radius 2 is 2.19 bits per heavy atom. The van der Waals surface area contributed by atoms with Gasteiger partial charge < -0.3 is 26.0 Å². The van der Waals surface area contributed by atoms with Crippen LogP contribution in [0.2, 0.25) is 0 Å². The Hall–Kier alpha value is -2.49. The van der Waals surface area contributed by atoms with Gasteiger partial charge in [0, 0.05) is 49.1 Å². The third-order valence-electron chi connectivity index (χ3n) is 5.83. The smallest absolute Gasteiger partial charge is 0.257 e. The van der Waals surface area contributed by atoms with E-state index in [1.807, 2.05) is 13.8 Å². The molecule has 1 amide bonds. The Labute approximate surface area is 190 Å². The molecular formula is C22H26ClF2N5O2. The number of carbonyl (C=O) groups excluding carboxylic acids is 1. The van der Waals surface area contributed by atoms with Crippen LogP contribution in [0, 0.1) is 5.82 Å². The predicted octanol–water partition coefficient (Wildman–Crippen LogP) is 2.43. The molecule has 0 aromatic heterocycles. The van der Waals surface area contributed by atoms with Crippen LogP contribution in [0.25, 0.3) is 0 Å². The molecule has 2 saturated heterocycles. The summed E-state index contributed by atoms with van der Waals surface area (Å²) in [5.41, 5.74) is 8.77. The third-order valence-corrected chi connectivity index (χ3v) is 6.39. The zero-order chi connectivity index (χ0) is 23.0. The van der Waals surface area contributed by atoms with Crippen molar-refractivity contribution in [2.45, 2.75) is 38.5 Å². The molecule has 0 bridgehead atoms. The van der Waals surface area contributed by atoms with E-state index in [4.69, 9.17) is 22.1 Å². The number of aliphatic imine (C=N–C) groups is 1. The summed E-state index contributed by atoms with van der Waals surface area (Å²) < 4.78 is 33.0. The number of hydrogen-bond acceptors (Lipinski definition) is 6. The van der Waals surface area contributed by atoms with Gasteiger partial charge in [-0.2, -0.15) is 0 Å². The average Bonchev–Trinajstić information content (AvgIpc) is 3.35. The minimum atomic E-state index is -0.928. The molecule has 0 saturated carbocycles. The highest BCUT2D eigenvalue weighted by molar-refractivity contribution is 6.43. The highest BCUT2D eigenvalue weighted by Crippen LogP contribution is 2.28. The molecule has 32 heavy (non-hydrogen) atoms. The number of alkyl halides is 1. The molecular weight excluding hydrogens is 440 g/mol. The van der Waals surface area contributed by atoms with Crippen LogP contribution in [0.1, 0.15) is 30.6 Å². The van der Waals surface area contributed by atoms with Crippen LogP contribution in [-0.2, 0) is 0 Å². The number of nitrogens with two attached hydrogens (primary N) is 1. The topological polar surface area (TPSA) is 92.0 Å². The summed E-state index contributed by atoms with van der Waals surface area (Å²) in [5.74, 6) is -0.119. The zero-order valence-corrected chi connectivity index (χ0v) is 18.7. The summed E-state index contributed by atoms with van der Waals surface area (Å²) in [5, 5.41) is 6.71. The molecule has 4 N–H and O–H groups in total. The monoisotopic (exact) mass is 465 g/mol. The maximum absolute atomic E-state index is 13.9. The van der Waals surface area contributed by atoms with Crippen LogP contribution in [0.4, 0.5) is 8.78 Å². The first-order chi connectivity index (χ1) is 15.2. The van der Waals surface area contributed by atoms with E-state index in [-0.39, 0.29) is 49.5 Å². The van der Waals surface area contributed by atoms with Crippen LogP contribution in [0.15, 0.2) is 45.3 Å². The molecule has 0 spiro atoms. The van der Waals surface area contributed by atoms with Crippen molar-refractivity contribution < 1.29 is 18.3 Å². The van der Waals surface area contributed by atoms with Crippen LogP contribution in [-0.4, -0.2) is 61.0 Å². The van der Waals surface area contributed by atoms with Crippen molar-refractivity contribution in [1.82, 2.24) is 15.5 Å². The summed E-state index contributed by atoms with van der Waals surface area (Å²) in [7, 11) is 0. The average molecular weight is 466 g/mol. The van der Waals surface area contributed by atoms with E-state index >= 15 is 0 Å². The largest absolute Gasteiger partial charge is 0.491 e. The lowest BCUT2D eigenvalue weighted by molar-refractivity contribution is 0.0788. The van der Waals surface area contributed by atoms with Crippen molar-refractivity contribution in [3.8, 4) is 5.75 Å². The van der Waals surface area contributed by atoms with Crippen molar-refractivity contribution in [2.75, 3.05) is 26.2 Å². The number of benzene rings is 1. The number of amides is 1. The number of likely N-dealkylation sites (tertiary alicyclic amines) is 1. The lowest BCUT2D eigenvalue weighted by Crippen LogP contribution is -2.33. The Bertz CT molecular complexity index is 1030. The molecule has 3 heterocycles. The second-order valence-corrected chi connectivity index (χ2v) is 8.69. The molecule has 1 aromatic carbocycles. The van der Waals surface area contributed by atoms with E-state index in [1.165, 1.54) is 18.2 Å². The van der Waals surface area contributed by atoms with Gasteiger partial charge >= 0.3 is 0 Å². The Morgan fingerprint density at radius 1 is 1.41 bits per heavy atom. The molecule has 3 aliphatic heterocycles. The first-order valence-electron chi connectivity index (χ1n) is 10.5. The molecule has 7 nitrogen and oxygen atoms in total. The molecule has 172 valence electrons. The van der Waals surface area contributed by atoms with Crippen LogP contribution >= 0.6 is 11.6 Å². The van der Waals surface area contributed by atoms with E-state index in [9.17, 15) is 13.6 Å². The Balaban J connectivity index is 1.52. The minimum Gasteiger partial charge on any atom is -0.491 e. The number of nitrogens with one attached hydrogen (secondary N) is 2. The Morgan fingerprint density at radius 3 is 2.88 bits per heavy atom. The Kier molecular flexibility index (Phi) is 6.50.